The molecule has 1 aliphatic rings. The third kappa shape index (κ3) is 3.81. The SMILES string of the molecule is CCn1c[n+](C[C@H](O)COC2CCCCC2)c2cc(C)c(C)cc21. The summed E-state index contributed by atoms with van der Waals surface area (Å²) >= 11 is 0. The Labute approximate surface area is 145 Å². The Hall–Kier alpha value is -1.39. The molecule has 4 nitrogen and oxygen atoms in total. The highest BCUT2D eigenvalue weighted by molar-refractivity contribution is 5.74. The summed E-state index contributed by atoms with van der Waals surface area (Å²) in [6, 6.07) is 4.47. The number of benzene rings is 1. The maximum atomic E-state index is 10.4. The molecule has 0 aliphatic heterocycles. The van der Waals surface area contributed by atoms with Crippen LogP contribution in [-0.4, -0.2) is 28.5 Å². The second-order valence-corrected chi connectivity index (χ2v) is 7.23. The van der Waals surface area contributed by atoms with Gasteiger partial charge in [0.15, 0.2) is 11.0 Å². The molecular formula is C20H31N2O2+. The van der Waals surface area contributed by atoms with Crippen molar-refractivity contribution in [1.29, 1.82) is 0 Å². The molecule has 0 amide bonds. The Bertz CT molecular complexity index is 686. The van der Waals surface area contributed by atoms with E-state index in [0.29, 0.717) is 19.3 Å². The van der Waals surface area contributed by atoms with Gasteiger partial charge in [0.05, 0.1) is 19.3 Å². The van der Waals surface area contributed by atoms with E-state index in [2.05, 4.69) is 48.4 Å². The van der Waals surface area contributed by atoms with Gasteiger partial charge in [0.2, 0.25) is 6.33 Å². The number of imidazole rings is 1. The number of rotatable bonds is 6. The molecule has 1 aromatic carbocycles. The molecule has 132 valence electrons. The number of hydrogen-bond acceptors (Lipinski definition) is 2. The molecule has 2 aromatic rings. The zero-order chi connectivity index (χ0) is 17.1. The highest BCUT2D eigenvalue weighted by Crippen LogP contribution is 2.21. The number of aryl methyl sites for hydroxylation is 3. The van der Waals surface area contributed by atoms with Gasteiger partial charge in [-0.25, -0.2) is 9.13 Å². The fourth-order valence-electron chi connectivity index (χ4n) is 3.69. The molecule has 1 atom stereocenters. The number of hydrogen-bond donors (Lipinski definition) is 1. The third-order valence-electron chi connectivity index (χ3n) is 5.31. The van der Waals surface area contributed by atoms with Gasteiger partial charge in [0.25, 0.3) is 0 Å². The summed E-state index contributed by atoms with van der Waals surface area (Å²) in [7, 11) is 0. The third-order valence-corrected chi connectivity index (χ3v) is 5.31. The van der Waals surface area contributed by atoms with Gasteiger partial charge in [0, 0.05) is 0 Å². The summed E-state index contributed by atoms with van der Waals surface area (Å²) in [5, 5.41) is 10.4. The average Bonchev–Trinajstić information content (AvgIpc) is 2.91. The van der Waals surface area contributed by atoms with E-state index in [1.807, 2.05) is 0 Å². The summed E-state index contributed by atoms with van der Waals surface area (Å²) < 4.78 is 10.3. The maximum absolute atomic E-state index is 10.4. The summed E-state index contributed by atoms with van der Waals surface area (Å²) in [5.74, 6) is 0. The minimum atomic E-state index is -0.463. The second kappa shape index (κ2) is 7.66. The number of aliphatic hydroxyl groups is 1. The van der Waals surface area contributed by atoms with Crippen LogP contribution < -0.4 is 4.57 Å². The van der Waals surface area contributed by atoms with Crippen LogP contribution in [0.5, 0.6) is 0 Å². The molecule has 3 rings (SSSR count). The molecule has 1 aliphatic carbocycles. The molecule has 1 aromatic heterocycles. The zero-order valence-corrected chi connectivity index (χ0v) is 15.3. The van der Waals surface area contributed by atoms with E-state index in [-0.39, 0.29) is 0 Å². The number of fused-ring (bicyclic) bond motifs is 1. The molecule has 0 bridgehead atoms. The molecule has 1 heterocycles. The summed E-state index contributed by atoms with van der Waals surface area (Å²) in [4.78, 5) is 0. The lowest BCUT2D eigenvalue weighted by Gasteiger charge is -2.23. The van der Waals surface area contributed by atoms with Gasteiger partial charge in [-0.1, -0.05) is 19.3 Å². The fraction of sp³-hybridized carbons (Fsp3) is 0.650. The van der Waals surface area contributed by atoms with E-state index in [1.54, 1.807) is 0 Å². The molecule has 24 heavy (non-hydrogen) atoms. The van der Waals surface area contributed by atoms with Crippen LogP contribution in [0.1, 0.15) is 50.2 Å². The van der Waals surface area contributed by atoms with Crippen molar-refractivity contribution < 1.29 is 14.4 Å². The van der Waals surface area contributed by atoms with Crippen LogP contribution in [0.25, 0.3) is 11.0 Å². The van der Waals surface area contributed by atoms with Crippen molar-refractivity contribution in [3.05, 3.63) is 29.6 Å². The molecule has 4 heteroatoms. The van der Waals surface area contributed by atoms with E-state index >= 15 is 0 Å². The predicted octanol–water partition coefficient (Wildman–Crippen LogP) is 3.28. The molecule has 1 saturated carbocycles. The van der Waals surface area contributed by atoms with Gasteiger partial charge in [-0.05, 0) is 56.9 Å². The van der Waals surface area contributed by atoms with Crippen molar-refractivity contribution in [2.24, 2.45) is 0 Å². The largest absolute Gasteiger partial charge is 0.387 e. The van der Waals surface area contributed by atoms with E-state index in [0.717, 1.165) is 19.4 Å². The van der Waals surface area contributed by atoms with Crippen molar-refractivity contribution in [2.45, 2.75) is 78.2 Å². The lowest BCUT2D eigenvalue weighted by Crippen LogP contribution is -2.41. The lowest BCUT2D eigenvalue weighted by atomic mass is 9.98. The molecular weight excluding hydrogens is 300 g/mol. The number of aromatic nitrogens is 2. The van der Waals surface area contributed by atoms with Crippen LogP contribution in [0.3, 0.4) is 0 Å². The van der Waals surface area contributed by atoms with Crippen LogP contribution in [-0.2, 0) is 17.8 Å². The van der Waals surface area contributed by atoms with Crippen molar-refractivity contribution in [1.82, 2.24) is 4.57 Å². The van der Waals surface area contributed by atoms with E-state index in [1.165, 1.54) is 41.4 Å². The molecule has 1 fully saturated rings. The minimum absolute atomic E-state index is 0.347. The highest BCUT2D eigenvalue weighted by Gasteiger charge is 2.20. The minimum Gasteiger partial charge on any atom is -0.387 e. The Kier molecular flexibility index (Phi) is 5.57. The highest BCUT2D eigenvalue weighted by atomic mass is 16.5. The lowest BCUT2D eigenvalue weighted by molar-refractivity contribution is -0.679. The fourth-order valence-corrected chi connectivity index (χ4v) is 3.69. The second-order valence-electron chi connectivity index (χ2n) is 7.23. The number of nitrogens with zero attached hydrogens (tertiary/aromatic N) is 2. The van der Waals surface area contributed by atoms with Crippen molar-refractivity contribution in [2.75, 3.05) is 6.61 Å². The van der Waals surface area contributed by atoms with Crippen LogP contribution in [0.4, 0.5) is 0 Å². The first-order chi connectivity index (χ1) is 11.6. The first-order valence-electron chi connectivity index (χ1n) is 9.37. The van der Waals surface area contributed by atoms with Crippen LogP contribution in [0.15, 0.2) is 18.5 Å². The Morgan fingerprint density at radius 2 is 1.92 bits per heavy atom. The van der Waals surface area contributed by atoms with E-state index < -0.39 is 6.10 Å². The summed E-state index contributed by atoms with van der Waals surface area (Å²) in [5.41, 5.74) is 5.03. The van der Waals surface area contributed by atoms with Crippen LogP contribution in [0, 0.1) is 13.8 Å². The van der Waals surface area contributed by atoms with Gasteiger partial charge in [-0.15, -0.1) is 0 Å². The van der Waals surface area contributed by atoms with E-state index in [9.17, 15) is 5.11 Å². The number of aliphatic hydroxyl groups excluding tert-OH is 1. The van der Waals surface area contributed by atoms with E-state index in [4.69, 9.17) is 4.74 Å². The quantitative estimate of drug-likeness (QED) is 0.825. The predicted molar refractivity (Wildman–Crippen MR) is 96.1 cm³/mol. The first-order valence-corrected chi connectivity index (χ1v) is 9.37. The van der Waals surface area contributed by atoms with Crippen molar-refractivity contribution in [3.63, 3.8) is 0 Å². The Morgan fingerprint density at radius 1 is 1.21 bits per heavy atom. The normalized spacial score (nSPS) is 17.5. The molecule has 0 saturated heterocycles. The topological polar surface area (TPSA) is 38.3 Å². The van der Waals surface area contributed by atoms with Crippen molar-refractivity contribution in [3.8, 4) is 0 Å². The zero-order valence-electron chi connectivity index (χ0n) is 15.3. The molecule has 0 radical (unpaired) electrons. The van der Waals surface area contributed by atoms with Gasteiger partial charge < -0.3 is 9.84 Å². The monoisotopic (exact) mass is 331 g/mol. The van der Waals surface area contributed by atoms with Gasteiger partial charge >= 0.3 is 0 Å². The Balaban J connectivity index is 1.70. The number of ether oxygens (including phenoxy) is 1. The Morgan fingerprint density at radius 3 is 2.62 bits per heavy atom. The van der Waals surface area contributed by atoms with Gasteiger partial charge in [-0.3, -0.25) is 0 Å². The standard InChI is InChI=1S/C20H31N2O2/c1-4-21-14-22(20-11-16(3)15(2)10-19(20)21)12-17(23)13-24-18-8-6-5-7-9-18/h10-11,14,17-18,23H,4-9,12-13H2,1-3H3/q+1/t17-/m0/s1. The van der Waals surface area contributed by atoms with Gasteiger partial charge in [0.1, 0.15) is 12.6 Å². The van der Waals surface area contributed by atoms with Crippen molar-refractivity contribution >= 4 is 11.0 Å². The average molecular weight is 331 g/mol. The van der Waals surface area contributed by atoms with Crippen LogP contribution in [0.2, 0.25) is 0 Å². The van der Waals surface area contributed by atoms with Gasteiger partial charge in [-0.2, -0.15) is 0 Å². The molecule has 0 unspecified atom stereocenters. The maximum Gasteiger partial charge on any atom is 0.244 e. The smallest absolute Gasteiger partial charge is 0.244 e. The molecule has 1 N–H and O–H groups in total. The molecule has 0 spiro atoms. The summed E-state index contributed by atoms with van der Waals surface area (Å²) in [6.45, 7) is 8.40. The first kappa shape index (κ1) is 17.4. The van der Waals surface area contributed by atoms with Crippen LogP contribution >= 0.6 is 0 Å². The summed E-state index contributed by atoms with van der Waals surface area (Å²) in [6.07, 6.45) is 8.15.